The standard InChI is InChI=1S/C23H27ClN2O2/c1-16-14-21(24)12-13-22(16)28-15-23(27)26-25-17(2)18-8-10-20(11-9-18)19-6-4-3-5-7-19/h8-14,19H,3-7,15H2,1-2H3,(H,26,27)/b25-17+. The molecular formula is C23H27ClN2O2. The molecule has 0 radical (unpaired) electrons. The SMILES string of the molecule is C/C(=N\NC(=O)COc1ccc(Cl)cc1C)c1ccc(C2CCCCC2)cc1. The molecule has 1 aliphatic carbocycles. The van der Waals surface area contributed by atoms with Gasteiger partial charge in [-0.1, -0.05) is 55.1 Å². The Morgan fingerprint density at radius 1 is 1.14 bits per heavy atom. The van der Waals surface area contributed by atoms with Crippen molar-refractivity contribution in [2.45, 2.75) is 51.9 Å². The number of carbonyl (C=O) groups is 1. The zero-order chi connectivity index (χ0) is 19.9. The van der Waals surface area contributed by atoms with Crippen molar-refractivity contribution in [3.05, 3.63) is 64.2 Å². The van der Waals surface area contributed by atoms with Crippen molar-refractivity contribution >= 4 is 23.2 Å². The number of aryl methyl sites for hydroxylation is 1. The molecule has 2 aromatic rings. The second-order valence-electron chi connectivity index (χ2n) is 7.39. The monoisotopic (exact) mass is 398 g/mol. The van der Waals surface area contributed by atoms with Gasteiger partial charge in [0.1, 0.15) is 5.75 Å². The van der Waals surface area contributed by atoms with Gasteiger partial charge in [-0.3, -0.25) is 4.79 Å². The Labute approximate surface area is 171 Å². The highest BCUT2D eigenvalue weighted by molar-refractivity contribution is 6.30. The molecule has 2 aromatic carbocycles. The number of carbonyl (C=O) groups excluding carboxylic acids is 1. The number of rotatable bonds is 6. The second-order valence-corrected chi connectivity index (χ2v) is 7.82. The van der Waals surface area contributed by atoms with Crippen molar-refractivity contribution < 1.29 is 9.53 Å². The van der Waals surface area contributed by atoms with E-state index in [0.29, 0.717) is 16.7 Å². The lowest BCUT2D eigenvalue weighted by Gasteiger charge is -2.22. The first kappa shape index (κ1) is 20.4. The van der Waals surface area contributed by atoms with Crippen molar-refractivity contribution in [2.24, 2.45) is 5.10 Å². The van der Waals surface area contributed by atoms with Crippen LogP contribution >= 0.6 is 11.6 Å². The molecule has 148 valence electrons. The summed E-state index contributed by atoms with van der Waals surface area (Å²) in [5, 5.41) is 4.84. The molecule has 3 rings (SSSR count). The Kier molecular flexibility index (Phi) is 7.10. The molecule has 1 amide bonds. The maximum absolute atomic E-state index is 12.0. The van der Waals surface area contributed by atoms with Crippen LogP contribution in [0.25, 0.3) is 0 Å². The Balaban J connectivity index is 1.52. The van der Waals surface area contributed by atoms with Crippen LogP contribution in [0, 0.1) is 6.92 Å². The van der Waals surface area contributed by atoms with Crippen LogP contribution in [-0.2, 0) is 4.79 Å². The molecule has 28 heavy (non-hydrogen) atoms. The van der Waals surface area contributed by atoms with Crippen LogP contribution < -0.4 is 10.2 Å². The minimum atomic E-state index is -0.299. The van der Waals surface area contributed by atoms with Gasteiger partial charge in [-0.2, -0.15) is 5.10 Å². The van der Waals surface area contributed by atoms with Crippen LogP contribution in [0.2, 0.25) is 5.02 Å². The molecule has 0 bridgehead atoms. The summed E-state index contributed by atoms with van der Waals surface area (Å²) in [6.07, 6.45) is 6.60. The zero-order valence-corrected chi connectivity index (χ0v) is 17.3. The molecule has 1 aliphatic rings. The number of halogens is 1. The van der Waals surface area contributed by atoms with E-state index in [1.165, 1.54) is 37.7 Å². The van der Waals surface area contributed by atoms with Crippen molar-refractivity contribution in [1.29, 1.82) is 0 Å². The molecule has 5 heteroatoms. The zero-order valence-electron chi connectivity index (χ0n) is 16.5. The molecule has 0 aliphatic heterocycles. The molecule has 1 N–H and O–H groups in total. The molecule has 1 saturated carbocycles. The normalized spacial score (nSPS) is 15.3. The summed E-state index contributed by atoms with van der Waals surface area (Å²) in [6, 6.07) is 13.9. The van der Waals surface area contributed by atoms with Crippen molar-refractivity contribution in [2.75, 3.05) is 6.61 Å². The Morgan fingerprint density at radius 2 is 1.86 bits per heavy atom. The molecule has 4 nitrogen and oxygen atoms in total. The molecule has 0 spiro atoms. The van der Waals surface area contributed by atoms with E-state index in [1.54, 1.807) is 18.2 Å². The number of hydrazone groups is 1. The molecule has 0 saturated heterocycles. The Hall–Kier alpha value is -2.33. The number of nitrogens with zero attached hydrogens (tertiary/aromatic N) is 1. The minimum Gasteiger partial charge on any atom is -0.483 e. The van der Waals surface area contributed by atoms with E-state index in [9.17, 15) is 4.79 Å². The number of hydrogen-bond donors (Lipinski definition) is 1. The summed E-state index contributed by atoms with van der Waals surface area (Å²) in [5.41, 5.74) is 6.63. The van der Waals surface area contributed by atoms with Crippen LogP contribution in [0.1, 0.15) is 61.6 Å². The lowest BCUT2D eigenvalue weighted by atomic mass is 9.84. The summed E-state index contributed by atoms with van der Waals surface area (Å²) in [7, 11) is 0. The summed E-state index contributed by atoms with van der Waals surface area (Å²) < 4.78 is 5.53. The first-order valence-electron chi connectivity index (χ1n) is 9.85. The third kappa shape index (κ3) is 5.59. The molecule has 0 atom stereocenters. The van der Waals surface area contributed by atoms with E-state index in [1.807, 2.05) is 13.8 Å². The van der Waals surface area contributed by atoms with Crippen molar-refractivity contribution in [3.63, 3.8) is 0 Å². The quantitative estimate of drug-likeness (QED) is 0.507. The third-order valence-corrected chi connectivity index (χ3v) is 5.48. The number of ether oxygens (including phenoxy) is 1. The predicted octanol–water partition coefficient (Wildman–Crippen LogP) is 5.62. The van der Waals surface area contributed by atoms with Gasteiger partial charge in [0.25, 0.3) is 5.91 Å². The first-order chi connectivity index (χ1) is 13.5. The lowest BCUT2D eigenvalue weighted by molar-refractivity contribution is -0.123. The minimum absolute atomic E-state index is 0.0974. The molecule has 1 fully saturated rings. The highest BCUT2D eigenvalue weighted by Crippen LogP contribution is 2.32. The van der Waals surface area contributed by atoms with E-state index in [4.69, 9.17) is 16.3 Å². The lowest BCUT2D eigenvalue weighted by Crippen LogP contribution is -2.25. The van der Waals surface area contributed by atoms with Crippen LogP contribution in [0.4, 0.5) is 0 Å². The Bertz CT molecular complexity index is 840. The summed E-state index contributed by atoms with van der Waals surface area (Å²) in [5.74, 6) is 1.03. The third-order valence-electron chi connectivity index (χ3n) is 5.25. The smallest absolute Gasteiger partial charge is 0.277 e. The van der Waals surface area contributed by atoms with Gasteiger partial charge in [0.15, 0.2) is 6.61 Å². The number of hydrogen-bond acceptors (Lipinski definition) is 3. The van der Waals surface area contributed by atoms with Crippen LogP contribution in [0.15, 0.2) is 47.6 Å². The summed E-state index contributed by atoms with van der Waals surface area (Å²) >= 11 is 5.92. The predicted molar refractivity (Wildman–Crippen MR) is 114 cm³/mol. The van der Waals surface area contributed by atoms with Gasteiger partial charge in [-0.15, -0.1) is 0 Å². The van der Waals surface area contributed by atoms with E-state index < -0.39 is 0 Å². The largest absolute Gasteiger partial charge is 0.483 e. The van der Waals surface area contributed by atoms with E-state index in [0.717, 1.165) is 16.8 Å². The van der Waals surface area contributed by atoms with Gasteiger partial charge < -0.3 is 4.74 Å². The van der Waals surface area contributed by atoms with Gasteiger partial charge in [0, 0.05) is 5.02 Å². The van der Waals surface area contributed by atoms with E-state index >= 15 is 0 Å². The van der Waals surface area contributed by atoms with Crippen molar-refractivity contribution in [1.82, 2.24) is 5.43 Å². The highest BCUT2D eigenvalue weighted by atomic mass is 35.5. The van der Waals surface area contributed by atoms with Crippen LogP contribution in [0.5, 0.6) is 5.75 Å². The maximum Gasteiger partial charge on any atom is 0.277 e. The molecule has 0 aromatic heterocycles. The van der Waals surface area contributed by atoms with Crippen LogP contribution in [-0.4, -0.2) is 18.2 Å². The molecular weight excluding hydrogens is 372 g/mol. The van der Waals surface area contributed by atoms with Gasteiger partial charge in [-0.05, 0) is 67.5 Å². The number of benzene rings is 2. The summed E-state index contributed by atoms with van der Waals surface area (Å²) in [4.78, 5) is 12.0. The fourth-order valence-corrected chi connectivity index (χ4v) is 3.82. The fraction of sp³-hybridized carbons (Fsp3) is 0.391. The second kappa shape index (κ2) is 9.74. The summed E-state index contributed by atoms with van der Waals surface area (Å²) in [6.45, 7) is 3.68. The Morgan fingerprint density at radius 3 is 2.54 bits per heavy atom. The average molecular weight is 399 g/mol. The molecule has 0 heterocycles. The maximum atomic E-state index is 12.0. The van der Waals surface area contributed by atoms with Gasteiger partial charge in [-0.25, -0.2) is 5.43 Å². The van der Waals surface area contributed by atoms with Gasteiger partial charge in [0.05, 0.1) is 5.71 Å². The average Bonchev–Trinajstić information content (AvgIpc) is 2.72. The van der Waals surface area contributed by atoms with Crippen LogP contribution in [0.3, 0.4) is 0 Å². The van der Waals surface area contributed by atoms with Crippen molar-refractivity contribution in [3.8, 4) is 5.75 Å². The topological polar surface area (TPSA) is 50.7 Å². The van der Waals surface area contributed by atoms with E-state index in [-0.39, 0.29) is 12.5 Å². The first-order valence-corrected chi connectivity index (χ1v) is 10.2. The highest BCUT2D eigenvalue weighted by Gasteiger charge is 2.15. The number of amides is 1. The van der Waals surface area contributed by atoms with Gasteiger partial charge in [0.2, 0.25) is 0 Å². The number of nitrogens with one attached hydrogen (secondary N) is 1. The fourth-order valence-electron chi connectivity index (χ4n) is 3.59. The molecule has 0 unspecified atom stereocenters. The van der Waals surface area contributed by atoms with E-state index in [2.05, 4.69) is 34.8 Å². The van der Waals surface area contributed by atoms with Gasteiger partial charge >= 0.3 is 0 Å².